The molecule has 0 bridgehead atoms. The number of rotatable bonds is 3. The van der Waals surface area contributed by atoms with Crippen molar-refractivity contribution < 1.29 is 5.11 Å². The van der Waals surface area contributed by atoms with Crippen LogP contribution in [-0.4, -0.2) is 14.5 Å². The lowest BCUT2D eigenvalue weighted by molar-refractivity contribution is 0.0842. The van der Waals surface area contributed by atoms with E-state index in [9.17, 15) is 5.11 Å². The molecule has 3 heteroatoms. The predicted octanol–water partition coefficient (Wildman–Crippen LogP) is 4.22. The van der Waals surface area contributed by atoms with E-state index in [1.165, 1.54) is 62.5 Å². The lowest BCUT2D eigenvalue weighted by atomic mass is 9.74. The number of fused-ring (bicyclic) bond motifs is 1. The summed E-state index contributed by atoms with van der Waals surface area (Å²) in [6.07, 6.45) is 15.6. The highest BCUT2D eigenvalue weighted by molar-refractivity contribution is 5.59. The largest absolute Gasteiger partial charge is 0.388 e. The predicted molar refractivity (Wildman–Crippen MR) is 83.3 cm³/mol. The zero-order valence-electron chi connectivity index (χ0n) is 12.5. The zero-order valence-corrected chi connectivity index (χ0v) is 12.5. The molecule has 2 aliphatic rings. The average Bonchev–Trinajstić information content (AvgIpc) is 2.94. The van der Waals surface area contributed by atoms with Gasteiger partial charge in [0.05, 0.1) is 24.1 Å². The smallest absolute Gasteiger partial charge is 0.0992 e. The van der Waals surface area contributed by atoms with Gasteiger partial charge in [-0.1, -0.05) is 25.7 Å². The van der Waals surface area contributed by atoms with Crippen molar-refractivity contribution in [2.24, 2.45) is 5.92 Å². The van der Waals surface area contributed by atoms with Crippen molar-refractivity contribution in [3.8, 4) is 0 Å². The number of hydrogen-bond acceptors (Lipinski definition) is 2. The first-order valence-corrected chi connectivity index (χ1v) is 8.47. The third-order valence-electron chi connectivity index (χ3n) is 5.60. The van der Waals surface area contributed by atoms with Gasteiger partial charge in [0.1, 0.15) is 0 Å². The van der Waals surface area contributed by atoms with E-state index >= 15 is 0 Å². The van der Waals surface area contributed by atoms with E-state index < -0.39 is 0 Å². The Kier molecular flexibility index (Phi) is 3.46. The van der Waals surface area contributed by atoms with E-state index in [2.05, 4.69) is 21.6 Å². The van der Waals surface area contributed by atoms with Crippen LogP contribution < -0.4 is 0 Å². The van der Waals surface area contributed by atoms with Crippen LogP contribution in [0.2, 0.25) is 0 Å². The average molecular weight is 284 g/mol. The van der Waals surface area contributed by atoms with E-state index in [0.717, 1.165) is 5.52 Å². The summed E-state index contributed by atoms with van der Waals surface area (Å²) >= 11 is 0. The molecule has 2 saturated carbocycles. The number of aliphatic hydroxyl groups excluding tert-OH is 1. The molecular weight excluding hydrogens is 260 g/mol. The molecule has 2 heterocycles. The summed E-state index contributed by atoms with van der Waals surface area (Å²) in [6, 6.07) is 2.22. The molecule has 2 aliphatic carbocycles. The summed E-state index contributed by atoms with van der Waals surface area (Å²) < 4.78 is 2.06. The Bertz CT molecular complexity index is 623. The van der Waals surface area contributed by atoms with E-state index in [1.54, 1.807) is 0 Å². The Hall–Kier alpha value is -1.35. The van der Waals surface area contributed by atoms with Crippen LogP contribution in [0.4, 0.5) is 0 Å². The zero-order chi connectivity index (χ0) is 14.2. The van der Waals surface area contributed by atoms with Crippen molar-refractivity contribution in [1.82, 2.24) is 9.38 Å². The maximum absolute atomic E-state index is 11.1. The molecule has 1 N–H and O–H groups in total. The van der Waals surface area contributed by atoms with Crippen molar-refractivity contribution in [3.63, 3.8) is 0 Å². The van der Waals surface area contributed by atoms with Gasteiger partial charge in [0.15, 0.2) is 0 Å². The fraction of sp³-hybridized carbons (Fsp3) is 0.611. The molecule has 3 nitrogen and oxygen atoms in total. The van der Waals surface area contributed by atoms with Gasteiger partial charge in [-0.25, -0.2) is 4.98 Å². The summed E-state index contributed by atoms with van der Waals surface area (Å²) in [7, 11) is 0. The molecule has 0 spiro atoms. The second-order valence-corrected chi connectivity index (χ2v) is 6.84. The van der Waals surface area contributed by atoms with Crippen LogP contribution in [0.1, 0.15) is 74.5 Å². The number of aromatic nitrogens is 2. The second-order valence-electron chi connectivity index (χ2n) is 6.84. The third-order valence-corrected chi connectivity index (χ3v) is 5.60. The fourth-order valence-corrected chi connectivity index (χ4v) is 4.11. The lowest BCUT2D eigenvalue weighted by Gasteiger charge is -2.33. The van der Waals surface area contributed by atoms with Crippen molar-refractivity contribution in [1.29, 1.82) is 0 Å². The molecule has 0 aliphatic heterocycles. The minimum atomic E-state index is -0.318. The number of pyridine rings is 1. The van der Waals surface area contributed by atoms with Gasteiger partial charge in [0.2, 0.25) is 0 Å². The maximum atomic E-state index is 11.1. The number of nitrogens with zero attached hydrogens (tertiary/aromatic N) is 2. The molecule has 21 heavy (non-hydrogen) atoms. The van der Waals surface area contributed by atoms with Gasteiger partial charge in [-0.05, 0) is 49.1 Å². The van der Waals surface area contributed by atoms with Crippen LogP contribution in [0.25, 0.3) is 5.52 Å². The van der Waals surface area contributed by atoms with Gasteiger partial charge in [-0.15, -0.1) is 0 Å². The van der Waals surface area contributed by atoms with Gasteiger partial charge >= 0.3 is 0 Å². The highest BCUT2D eigenvalue weighted by Gasteiger charge is 2.30. The molecule has 0 amide bonds. The lowest BCUT2D eigenvalue weighted by Crippen LogP contribution is -2.20. The summed E-state index contributed by atoms with van der Waals surface area (Å²) in [5.41, 5.74) is 3.66. The monoisotopic (exact) mass is 284 g/mol. The molecule has 4 rings (SSSR count). The molecule has 0 saturated heterocycles. The van der Waals surface area contributed by atoms with Crippen molar-refractivity contribution >= 4 is 5.52 Å². The Balaban J connectivity index is 1.77. The molecule has 0 radical (unpaired) electrons. The van der Waals surface area contributed by atoms with Crippen LogP contribution in [0, 0.1) is 5.92 Å². The number of aliphatic hydroxyl groups is 1. The Morgan fingerprint density at radius 3 is 2.62 bits per heavy atom. The van der Waals surface area contributed by atoms with Crippen LogP contribution in [0.3, 0.4) is 0 Å². The highest BCUT2D eigenvalue weighted by atomic mass is 16.3. The SMILES string of the molecule is OC(c1c(C2CCC2)ccn2cncc12)C1CCCCC1. The third kappa shape index (κ3) is 2.28. The van der Waals surface area contributed by atoms with Crippen molar-refractivity contribution in [2.45, 2.75) is 63.4 Å². The molecule has 2 aromatic heterocycles. The van der Waals surface area contributed by atoms with Crippen molar-refractivity contribution in [3.05, 3.63) is 35.9 Å². The topological polar surface area (TPSA) is 37.5 Å². The standard InChI is InChI=1S/C18H24N2O/c21-18(14-5-2-1-3-6-14)17-15(13-7-4-8-13)9-10-20-12-19-11-16(17)20/h9-14,18,21H,1-8H2. The maximum Gasteiger partial charge on any atom is 0.0992 e. The summed E-state index contributed by atoms with van der Waals surface area (Å²) in [5, 5.41) is 11.1. The van der Waals surface area contributed by atoms with Crippen LogP contribution in [-0.2, 0) is 0 Å². The minimum absolute atomic E-state index is 0.318. The molecule has 0 aromatic carbocycles. The quantitative estimate of drug-likeness (QED) is 0.916. The first-order valence-electron chi connectivity index (χ1n) is 8.47. The van der Waals surface area contributed by atoms with E-state index in [0.29, 0.717) is 11.8 Å². The van der Waals surface area contributed by atoms with E-state index in [1.807, 2.05) is 12.5 Å². The van der Waals surface area contributed by atoms with Crippen LogP contribution in [0.15, 0.2) is 24.8 Å². The molecule has 112 valence electrons. The minimum Gasteiger partial charge on any atom is -0.388 e. The Morgan fingerprint density at radius 1 is 1.10 bits per heavy atom. The first kappa shape index (κ1) is 13.3. The van der Waals surface area contributed by atoms with Gasteiger partial charge in [0, 0.05) is 11.8 Å². The second kappa shape index (κ2) is 5.45. The van der Waals surface area contributed by atoms with Crippen LogP contribution >= 0.6 is 0 Å². The number of hydrogen-bond donors (Lipinski definition) is 1. The fourth-order valence-electron chi connectivity index (χ4n) is 4.11. The molecular formula is C18H24N2O. The van der Waals surface area contributed by atoms with E-state index in [4.69, 9.17) is 0 Å². The van der Waals surface area contributed by atoms with Gasteiger partial charge in [-0.3, -0.25) is 0 Å². The molecule has 2 aromatic rings. The van der Waals surface area contributed by atoms with Gasteiger partial charge in [0.25, 0.3) is 0 Å². The summed E-state index contributed by atoms with van der Waals surface area (Å²) in [4.78, 5) is 4.29. The Morgan fingerprint density at radius 2 is 1.90 bits per heavy atom. The first-order chi connectivity index (χ1) is 10.3. The van der Waals surface area contributed by atoms with Gasteiger partial charge < -0.3 is 9.51 Å². The van der Waals surface area contributed by atoms with Crippen LogP contribution in [0.5, 0.6) is 0 Å². The molecule has 2 fully saturated rings. The summed E-state index contributed by atoms with van der Waals surface area (Å²) in [6.45, 7) is 0. The normalized spacial score (nSPS) is 22.3. The highest BCUT2D eigenvalue weighted by Crippen LogP contribution is 2.44. The number of imidazole rings is 1. The van der Waals surface area contributed by atoms with Gasteiger partial charge in [-0.2, -0.15) is 0 Å². The summed E-state index contributed by atoms with van der Waals surface area (Å²) in [5.74, 6) is 1.08. The van der Waals surface area contributed by atoms with E-state index in [-0.39, 0.29) is 6.10 Å². The molecule has 1 unspecified atom stereocenters. The molecule has 1 atom stereocenters. The van der Waals surface area contributed by atoms with Crippen molar-refractivity contribution in [2.75, 3.05) is 0 Å². The Labute approximate surface area is 126 Å².